The zero-order valence-electron chi connectivity index (χ0n) is 41.2. The summed E-state index contributed by atoms with van der Waals surface area (Å²) in [5.41, 5.74) is 7.81. The molecule has 0 bridgehead atoms. The summed E-state index contributed by atoms with van der Waals surface area (Å²) < 4.78 is 22.5. The number of ether oxygens (including phenoxy) is 3. The van der Waals surface area contributed by atoms with Gasteiger partial charge >= 0.3 is 11.7 Å². The standard InChI is InChI=1S/C57H56Cl2N6O9/c1-2-37-18-19-44(73-37)65-31-36(54(67)62-57(65)71)9-3-4-25-72-26-20-60-53(66)33-16-14-32(15-17-33)30-61-55(68)42-29-43(58)46(47(48(42)59)56(69)70)45-40-27-34-10-5-21-63-23-7-12-38(49(34)63)51(40)74-52-39-13-8-24-64-22-6-11-35(50(39)64)28-41(45)52/h14-17,27-29,31,37,44H,2,5-13,18-26,30H2,1H3,(H3-,60,61,62,66,67,68,69,70,71)/p+1/t37-,44-/m1/s1. The molecule has 382 valence electrons. The minimum absolute atomic E-state index is 0.0611. The van der Waals surface area contributed by atoms with E-state index in [0.717, 1.165) is 124 Å². The molecule has 0 unspecified atom stereocenters. The number of carboxylic acid groups (broad SMARTS) is 1. The van der Waals surface area contributed by atoms with Crippen LogP contribution in [-0.4, -0.2) is 84.5 Å². The van der Waals surface area contributed by atoms with Crippen molar-refractivity contribution < 1.29 is 33.7 Å². The van der Waals surface area contributed by atoms with Crippen molar-refractivity contribution in [3.63, 3.8) is 0 Å². The van der Waals surface area contributed by atoms with E-state index >= 15 is 0 Å². The van der Waals surface area contributed by atoms with Crippen molar-refractivity contribution in [3.05, 3.63) is 151 Å². The molecule has 0 radical (unpaired) electrons. The van der Waals surface area contributed by atoms with Gasteiger partial charge in [-0.1, -0.05) is 54.1 Å². The molecule has 0 saturated carbocycles. The largest absolute Gasteiger partial charge is 0.478 e. The zero-order valence-corrected chi connectivity index (χ0v) is 42.7. The molecule has 1 aromatic heterocycles. The number of hydrogen-bond acceptors (Lipinski definition) is 9. The van der Waals surface area contributed by atoms with Crippen LogP contribution in [-0.2, 0) is 48.1 Å². The van der Waals surface area contributed by atoms with Crippen LogP contribution in [0.4, 0.5) is 5.69 Å². The van der Waals surface area contributed by atoms with Gasteiger partial charge in [-0.2, -0.15) is 0 Å². The number of fused-ring (bicyclic) bond motifs is 4. The van der Waals surface area contributed by atoms with Gasteiger partial charge in [-0.05, 0) is 99.2 Å². The fourth-order valence-corrected chi connectivity index (χ4v) is 12.4. The summed E-state index contributed by atoms with van der Waals surface area (Å²) in [6.45, 7) is 6.54. The van der Waals surface area contributed by atoms with E-state index in [2.05, 4.69) is 49.1 Å². The first-order chi connectivity index (χ1) is 36.0. The fourth-order valence-electron chi connectivity index (χ4n) is 11.8. The number of halogens is 2. The van der Waals surface area contributed by atoms with E-state index in [1.807, 2.05) is 6.92 Å². The summed E-state index contributed by atoms with van der Waals surface area (Å²) >= 11 is 14.4. The first-order valence-corrected chi connectivity index (χ1v) is 26.6. The van der Waals surface area contributed by atoms with Crippen molar-refractivity contribution in [2.45, 2.75) is 103 Å². The van der Waals surface area contributed by atoms with E-state index in [-0.39, 0.29) is 71.5 Å². The van der Waals surface area contributed by atoms with Gasteiger partial charge < -0.3 is 34.9 Å². The van der Waals surface area contributed by atoms with E-state index in [1.165, 1.54) is 39.0 Å². The van der Waals surface area contributed by atoms with Crippen LogP contribution in [0, 0.1) is 11.8 Å². The smallest absolute Gasteiger partial charge is 0.337 e. The van der Waals surface area contributed by atoms with E-state index in [4.69, 9.17) is 37.4 Å². The van der Waals surface area contributed by atoms with E-state index in [9.17, 15) is 29.1 Å². The molecule has 4 N–H and O–H groups in total. The summed E-state index contributed by atoms with van der Waals surface area (Å²) in [5, 5.41) is 18.7. The number of anilines is 1. The van der Waals surface area contributed by atoms with E-state index in [0.29, 0.717) is 28.7 Å². The Kier molecular flexibility index (Phi) is 14.0. The number of aromatic carboxylic acids is 1. The molecule has 6 aliphatic rings. The SMILES string of the molecule is CC[C@@H]1CC[C@H](n2cc(CC#CCOCCNC(=O)c3ccc(CNC(=O)c4cc(Cl)c(C5=c6cc7c8c(c6Oc6c5cc5c9c6CCCN9CCC5)CCC[N+]=8CCC7)c(C(=O)O)c4Cl)cc3)c(=O)[nH]c2=O)O1. The minimum atomic E-state index is -1.30. The lowest BCUT2D eigenvalue weighted by molar-refractivity contribution is -0.00214. The van der Waals surface area contributed by atoms with Gasteiger partial charge in [-0.15, -0.1) is 0 Å². The summed E-state index contributed by atoms with van der Waals surface area (Å²) in [6, 6.07) is 12.5. The number of hydrogen-bond donors (Lipinski definition) is 4. The highest BCUT2D eigenvalue weighted by molar-refractivity contribution is 6.40. The summed E-state index contributed by atoms with van der Waals surface area (Å²) in [7, 11) is 0. The average Bonchev–Trinajstić information content (AvgIpc) is 3.89. The van der Waals surface area contributed by atoms with Crippen molar-refractivity contribution in [2.75, 3.05) is 50.8 Å². The van der Waals surface area contributed by atoms with E-state index in [1.54, 1.807) is 24.3 Å². The Bertz CT molecular complexity index is 3480. The molecule has 4 aromatic carbocycles. The number of carbonyl (C=O) groups is 3. The number of aryl methyl sites for hydroxylation is 2. The van der Waals surface area contributed by atoms with Gasteiger partial charge in [-0.3, -0.25) is 23.9 Å². The Hall–Kier alpha value is -6.70. The number of benzene rings is 4. The molecule has 15 nitrogen and oxygen atoms in total. The number of carboxylic acids is 1. The summed E-state index contributed by atoms with van der Waals surface area (Å²) in [6.07, 6.45) is 11.2. The van der Waals surface area contributed by atoms with Crippen molar-refractivity contribution in [1.29, 1.82) is 0 Å². The minimum Gasteiger partial charge on any atom is -0.478 e. The Balaban J connectivity index is 0.771. The summed E-state index contributed by atoms with van der Waals surface area (Å²) in [4.78, 5) is 70.2. The summed E-state index contributed by atoms with van der Waals surface area (Å²) in [5.74, 6) is 5.05. The Labute approximate surface area is 437 Å². The van der Waals surface area contributed by atoms with Gasteiger partial charge in [0, 0.05) is 101 Å². The molecule has 1 fully saturated rings. The number of H-pyrrole nitrogens is 1. The van der Waals surface area contributed by atoms with Crippen LogP contribution in [0.3, 0.4) is 0 Å². The van der Waals surface area contributed by atoms with Crippen LogP contribution >= 0.6 is 23.2 Å². The van der Waals surface area contributed by atoms with Crippen LogP contribution in [0.1, 0.15) is 134 Å². The third kappa shape index (κ3) is 9.31. The number of aromatic amines is 1. The predicted molar refractivity (Wildman–Crippen MR) is 281 cm³/mol. The fraction of sp³-hybridized carbons (Fsp3) is 0.404. The number of nitrogens with zero attached hydrogens (tertiary/aromatic N) is 3. The Morgan fingerprint density at radius 1 is 0.905 bits per heavy atom. The van der Waals surface area contributed by atoms with Gasteiger partial charge in [0.1, 0.15) is 37.4 Å². The van der Waals surface area contributed by atoms with Crippen LogP contribution in [0.25, 0.3) is 5.57 Å². The number of nitrogens with one attached hydrogen (secondary N) is 3. The van der Waals surface area contributed by atoms with Crippen LogP contribution in [0.2, 0.25) is 10.0 Å². The van der Waals surface area contributed by atoms with Crippen molar-refractivity contribution >= 4 is 52.2 Å². The molecule has 7 heterocycles. The molecule has 1 saturated heterocycles. The van der Waals surface area contributed by atoms with Crippen molar-refractivity contribution in [2.24, 2.45) is 0 Å². The van der Waals surface area contributed by atoms with Crippen molar-refractivity contribution in [3.8, 4) is 23.3 Å². The molecule has 11 rings (SSSR count). The first-order valence-electron chi connectivity index (χ1n) is 25.8. The molecule has 0 aliphatic carbocycles. The first kappa shape index (κ1) is 49.5. The molecule has 2 amide bonds. The molecule has 5 aromatic rings. The predicted octanol–water partition coefficient (Wildman–Crippen LogP) is 5.99. The number of rotatable bonds is 13. The Morgan fingerprint density at radius 3 is 2.46 bits per heavy atom. The molecule has 74 heavy (non-hydrogen) atoms. The second kappa shape index (κ2) is 20.9. The second-order valence-electron chi connectivity index (χ2n) is 19.9. The maximum absolute atomic E-state index is 14.0. The highest BCUT2D eigenvalue weighted by Gasteiger charge is 2.38. The highest BCUT2D eigenvalue weighted by atomic mass is 35.5. The highest BCUT2D eigenvalue weighted by Crippen LogP contribution is 2.50. The second-order valence-corrected chi connectivity index (χ2v) is 20.6. The maximum Gasteiger partial charge on any atom is 0.337 e. The molecule has 2 atom stereocenters. The Morgan fingerprint density at radius 2 is 1.68 bits per heavy atom. The van der Waals surface area contributed by atoms with Crippen LogP contribution in [0.15, 0.2) is 58.3 Å². The molecule has 0 spiro atoms. The average molecular weight is 1040 g/mol. The number of carbonyl (C=O) groups excluding carboxylic acids is 2. The molecule has 17 heteroatoms. The molecular weight excluding hydrogens is 984 g/mol. The number of aromatic nitrogens is 2. The lowest BCUT2D eigenvalue weighted by Gasteiger charge is -2.39. The topological polar surface area (TPSA) is 184 Å². The van der Waals surface area contributed by atoms with Gasteiger partial charge in [0.15, 0.2) is 0 Å². The molecular formula is C57H57Cl2N6O9+. The third-order valence-corrected chi connectivity index (χ3v) is 16.0. The molecule has 6 aliphatic heterocycles. The van der Waals surface area contributed by atoms with E-state index < -0.39 is 29.4 Å². The van der Waals surface area contributed by atoms with Crippen LogP contribution in [0.5, 0.6) is 11.5 Å². The lowest BCUT2D eigenvalue weighted by atomic mass is 9.81. The van der Waals surface area contributed by atoms with Gasteiger partial charge in [-0.25, -0.2) is 14.2 Å². The quantitative estimate of drug-likeness (QED) is 0.0610. The number of amides is 2. The third-order valence-electron chi connectivity index (χ3n) is 15.3. The lowest BCUT2D eigenvalue weighted by Crippen LogP contribution is -2.45. The van der Waals surface area contributed by atoms with Crippen LogP contribution < -0.4 is 46.7 Å². The van der Waals surface area contributed by atoms with Gasteiger partial charge in [0.05, 0.1) is 39.4 Å². The normalized spacial score (nSPS) is 18.0. The maximum atomic E-state index is 14.0. The van der Waals surface area contributed by atoms with Gasteiger partial charge in [0.25, 0.3) is 17.4 Å². The monoisotopic (exact) mass is 1040 g/mol. The van der Waals surface area contributed by atoms with Gasteiger partial charge in [0.2, 0.25) is 5.36 Å². The zero-order chi connectivity index (χ0) is 51.2. The van der Waals surface area contributed by atoms with Crippen molar-refractivity contribution in [1.82, 2.24) is 24.8 Å².